The quantitative estimate of drug-likeness (QED) is 0.0427. The number of alkyl carbamates (subject to hydrolysis) is 2. The molecule has 18 nitrogen and oxygen atoms in total. The standard InChI is InChI=1S/C41H52N4O14/c1-40(2,3)58-38(52)44-28(15-19-34(42)48)36(50)56-30-17-11-24(21-32(30)54-7)9-13-26(46)23-27(47)14-10-25-12-18-31(33(22-25)55-8)57-37(51)29(16-20-35(43)49)45-39(53)59-41(4,5)6/h9-14,17-18,21-23,28-29,46H,15-16,19-20H2,1-8H3,(H2,42,48)(H2,43,49)(H,44,52)(H,45,53)/b13-9+,14-10+,26-23-/t28-,29-/m0/s1. The van der Waals surface area contributed by atoms with Crippen LogP contribution in [-0.2, 0) is 33.4 Å². The van der Waals surface area contributed by atoms with Gasteiger partial charge in [-0.15, -0.1) is 0 Å². The third-order valence-electron chi connectivity index (χ3n) is 7.28. The predicted octanol–water partition coefficient (Wildman–Crippen LogP) is 4.57. The van der Waals surface area contributed by atoms with Crippen LogP contribution in [0.2, 0.25) is 0 Å². The lowest BCUT2D eigenvalue weighted by atomic mass is 10.1. The van der Waals surface area contributed by atoms with Crippen LogP contribution in [0.4, 0.5) is 9.59 Å². The van der Waals surface area contributed by atoms with Gasteiger partial charge in [0.15, 0.2) is 28.8 Å². The number of primary amides is 2. The average molecular weight is 825 g/mol. The number of carbonyl (C=O) groups excluding carboxylic acids is 7. The summed E-state index contributed by atoms with van der Waals surface area (Å²) in [7, 11) is 2.66. The van der Waals surface area contributed by atoms with Crippen molar-refractivity contribution in [2.45, 2.75) is 90.5 Å². The third kappa shape index (κ3) is 18.8. The Hall–Kier alpha value is -6.85. The Balaban J connectivity index is 2.13. The molecule has 0 aliphatic rings. The number of rotatable bonds is 19. The SMILES string of the molecule is COc1cc(/C=C/C(=O)/C=C(O)/C=C/c2ccc(OC(=O)[C@H](CCC(N)=O)NC(=O)OC(C)(C)C)c(OC)c2)ccc1OC(=O)[C@H](CCC(N)=O)NC(=O)OC(C)(C)C. The minimum absolute atomic E-state index is 0.00720. The van der Waals surface area contributed by atoms with Gasteiger partial charge in [0.25, 0.3) is 0 Å². The van der Waals surface area contributed by atoms with E-state index in [1.54, 1.807) is 41.5 Å². The second kappa shape index (κ2) is 22.2. The number of ketones is 1. The van der Waals surface area contributed by atoms with E-state index in [-0.39, 0.29) is 48.7 Å². The van der Waals surface area contributed by atoms with E-state index in [0.29, 0.717) is 11.1 Å². The smallest absolute Gasteiger partial charge is 0.408 e. The molecule has 0 radical (unpaired) electrons. The Bertz CT molecular complexity index is 1960. The molecule has 0 unspecified atom stereocenters. The number of hydrogen-bond acceptors (Lipinski definition) is 14. The van der Waals surface area contributed by atoms with Crippen molar-refractivity contribution in [3.63, 3.8) is 0 Å². The lowest BCUT2D eigenvalue weighted by Gasteiger charge is -2.23. The number of aliphatic hydroxyl groups excluding tert-OH is 1. The van der Waals surface area contributed by atoms with Gasteiger partial charge in [-0.25, -0.2) is 19.2 Å². The summed E-state index contributed by atoms with van der Waals surface area (Å²) in [6.45, 7) is 9.86. The van der Waals surface area contributed by atoms with Crippen molar-refractivity contribution in [1.82, 2.24) is 10.6 Å². The summed E-state index contributed by atoms with van der Waals surface area (Å²) in [5.74, 6) is -3.96. The molecule has 0 aliphatic heterocycles. The van der Waals surface area contributed by atoms with Crippen molar-refractivity contribution in [2.75, 3.05) is 14.2 Å². The van der Waals surface area contributed by atoms with Gasteiger partial charge in [-0.1, -0.05) is 24.3 Å². The minimum Gasteiger partial charge on any atom is -0.508 e. The van der Waals surface area contributed by atoms with Gasteiger partial charge in [0.1, 0.15) is 29.0 Å². The van der Waals surface area contributed by atoms with Gasteiger partial charge >= 0.3 is 24.1 Å². The van der Waals surface area contributed by atoms with Gasteiger partial charge in [0, 0.05) is 18.9 Å². The highest BCUT2D eigenvalue weighted by molar-refractivity contribution is 6.02. The molecule has 0 bridgehead atoms. The molecule has 0 heterocycles. The Morgan fingerprint density at radius 2 is 1.03 bits per heavy atom. The van der Waals surface area contributed by atoms with Crippen LogP contribution in [0, 0.1) is 0 Å². The fraction of sp³-hybridized carbons (Fsp3) is 0.390. The summed E-state index contributed by atoms with van der Waals surface area (Å²) in [6.07, 6.45) is 3.76. The molecule has 2 aromatic rings. The number of aliphatic hydroxyl groups is 1. The molecule has 59 heavy (non-hydrogen) atoms. The van der Waals surface area contributed by atoms with Crippen LogP contribution in [0.25, 0.3) is 12.2 Å². The van der Waals surface area contributed by atoms with Crippen molar-refractivity contribution >= 4 is 53.9 Å². The van der Waals surface area contributed by atoms with Gasteiger partial charge in [-0.2, -0.15) is 0 Å². The van der Waals surface area contributed by atoms with Gasteiger partial charge in [-0.3, -0.25) is 14.4 Å². The molecule has 0 saturated heterocycles. The summed E-state index contributed by atoms with van der Waals surface area (Å²) in [4.78, 5) is 86.0. The fourth-order valence-corrected chi connectivity index (χ4v) is 4.68. The molecule has 0 aromatic heterocycles. The van der Waals surface area contributed by atoms with Gasteiger partial charge in [0.2, 0.25) is 11.8 Å². The fourth-order valence-electron chi connectivity index (χ4n) is 4.68. The molecule has 2 atom stereocenters. The van der Waals surface area contributed by atoms with E-state index in [1.165, 1.54) is 74.9 Å². The first-order valence-electron chi connectivity index (χ1n) is 18.1. The Morgan fingerprint density at radius 1 is 0.644 bits per heavy atom. The first-order chi connectivity index (χ1) is 27.5. The highest BCUT2D eigenvalue weighted by Gasteiger charge is 2.29. The van der Waals surface area contributed by atoms with Crippen LogP contribution >= 0.6 is 0 Å². The lowest BCUT2D eigenvalue weighted by molar-refractivity contribution is -0.138. The van der Waals surface area contributed by atoms with Crippen molar-refractivity contribution in [1.29, 1.82) is 0 Å². The Morgan fingerprint density at radius 3 is 1.39 bits per heavy atom. The normalized spacial score (nSPS) is 12.8. The zero-order valence-electron chi connectivity index (χ0n) is 34.2. The van der Waals surface area contributed by atoms with Crippen molar-refractivity contribution in [3.8, 4) is 23.0 Å². The van der Waals surface area contributed by atoms with E-state index in [4.69, 9.17) is 39.9 Å². The highest BCUT2D eigenvalue weighted by atomic mass is 16.6. The number of methoxy groups -OCH3 is 2. The zero-order chi connectivity index (χ0) is 44.5. The molecule has 0 fully saturated rings. The molecule has 2 rings (SSSR count). The van der Waals surface area contributed by atoms with Crippen molar-refractivity contribution in [3.05, 3.63) is 71.5 Å². The molecule has 0 spiro atoms. The monoisotopic (exact) mass is 824 g/mol. The topological polar surface area (TPSA) is 271 Å². The Kier molecular flexibility index (Phi) is 18.2. The Labute approximate surface area is 341 Å². The molecule has 18 heteroatoms. The first kappa shape index (κ1) is 48.3. The van der Waals surface area contributed by atoms with Crippen LogP contribution in [0.5, 0.6) is 23.0 Å². The van der Waals surface area contributed by atoms with E-state index < -0.39 is 70.8 Å². The van der Waals surface area contributed by atoms with Crippen molar-refractivity contribution < 1.29 is 67.1 Å². The number of esters is 2. The predicted molar refractivity (Wildman–Crippen MR) is 214 cm³/mol. The maximum Gasteiger partial charge on any atom is 0.408 e. The molecule has 4 amide bonds. The van der Waals surface area contributed by atoms with Gasteiger partial charge < -0.3 is 55.6 Å². The van der Waals surface area contributed by atoms with E-state index >= 15 is 0 Å². The van der Waals surface area contributed by atoms with E-state index in [0.717, 1.165) is 6.08 Å². The summed E-state index contributed by atoms with van der Waals surface area (Å²) in [5.41, 5.74) is 9.70. The molecule has 2 aromatic carbocycles. The van der Waals surface area contributed by atoms with Crippen LogP contribution in [0.1, 0.15) is 78.4 Å². The largest absolute Gasteiger partial charge is 0.508 e. The average Bonchev–Trinajstić information content (AvgIpc) is 3.12. The zero-order valence-corrected chi connectivity index (χ0v) is 34.2. The second-order valence-corrected chi connectivity index (χ2v) is 14.7. The minimum atomic E-state index is -1.27. The van der Waals surface area contributed by atoms with E-state index in [1.807, 2.05) is 0 Å². The van der Waals surface area contributed by atoms with Crippen LogP contribution in [0.15, 0.2) is 60.4 Å². The van der Waals surface area contributed by atoms with Crippen molar-refractivity contribution in [2.24, 2.45) is 11.5 Å². The van der Waals surface area contributed by atoms with Gasteiger partial charge in [-0.05, 0) is 102 Å². The number of ether oxygens (including phenoxy) is 6. The van der Waals surface area contributed by atoms with Crippen LogP contribution in [-0.4, -0.2) is 84.3 Å². The summed E-state index contributed by atoms with van der Waals surface area (Å²) in [6, 6.07) is 6.29. The number of hydrogen-bond donors (Lipinski definition) is 5. The summed E-state index contributed by atoms with van der Waals surface area (Å²) in [5, 5.41) is 15.2. The molecule has 320 valence electrons. The molecular weight excluding hydrogens is 772 g/mol. The van der Waals surface area contributed by atoms with E-state index in [2.05, 4.69) is 10.6 Å². The second-order valence-electron chi connectivity index (χ2n) is 14.7. The summed E-state index contributed by atoms with van der Waals surface area (Å²) < 4.78 is 32.0. The molecule has 7 N–H and O–H groups in total. The van der Waals surface area contributed by atoms with Crippen LogP contribution < -0.4 is 41.0 Å². The van der Waals surface area contributed by atoms with Gasteiger partial charge in [0.05, 0.1) is 14.2 Å². The summed E-state index contributed by atoms with van der Waals surface area (Å²) >= 11 is 0. The number of allylic oxidation sites excluding steroid dienone is 3. The van der Waals surface area contributed by atoms with Crippen LogP contribution in [0.3, 0.4) is 0 Å². The number of amides is 4. The van der Waals surface area contributed by atoms with E-state index in [9.17, 15) is 38.7 Å². The third-order valence-corrected chi connectivity index (χ3v) is 7.28. The molecular formula is C41H52N4O14. The maximum absolute atomic E-state index is 13.0. The number of nitrogens with two attached hydrogens (primary N) is 2. The maximum atomic E-state index is 13.0. The molecule has 0 aliphatic carbocycles. The highest BCUT2D eigenvalue weighted by Crippen LogP contribution is 2.30. The lowest BCUT2D eigenvalue weighted by Crippen LogP contribution is -2.45. The number of carbonyl (C=O) groups is 7. The number of nitrogens with one attached hydrogen (secondary N) is 2. The number of benzene rings is 2. The first-order valence-corrected chi connectivity index (χ1v) is 18.1. The molecule has 0 saturated carbocycles.